The molecule has 1 aromatic carbocycles. The van der Waals surface area contributed by atoms with Gasteiger partial charge in [-0.05, 0) is 51.2 Å². The lowest BCUT2D eigenvalue weighted by Gasteiger charge is -2.38. The lowest BCUT2D eigenvalue weighted by molar-refractivity contribution is 0.0421. The molecule has 2 N–H and O–H groups in total. The molecule has 1 fully saturated rings. The zero-order valence-electron chi connectivity index (χ0n) is 14.3. The van der Waals surface area contributed by atoms with Crippen LogP contribution in [0.4, 0.5) is 0 Å². The Morgan fingerprint density at radius 1 is 1.29 bits per heavy atom. The zero-order valence-corrected chi connectivity index (χ0v) is 14.3. The maximum absolute atomic E-state index is 11.3. The van der Waals surface area contributed by atoms with Crippen molar-refractivity contribution in [2.45, 2.75) is 36.9 Å². The van der Waals surface area contributed by atoms with Crippen LogP contribution in [0.25, 0.3) is 0 Å². The monoisotopic (exact) mass is 327 g/mol. The Bertz CT molecular complexity index is 720. The van der Waals surface area contributed by atoms with Crippen molar-refractivity contribution in [1.29, 1.82) is 0 Å². The number of piperidine rings is 1. The first-order valence-electron chi connectivity index (χ1n) is 8.65. The third-order valence-corrected chi connectivity index (χ3v) is 5.50. The molecule has 0 bridgehead atoms. The average molecular weight is 327 g/mol. The van der Waals surface area contributed by atoms with Gasteiger partial charge in [-0.25, -0.2) is 4.68 Å². The summed E-state index contributed by atoms with van der Waals surface area (Å²) in [5.41, 5.74) is 3.23. The predicted molar refractivity (Wildman–Crippen MR) is 91.8 cm³/mol. The SMILES string of the molecule is CN(C)Cc1cn([C@@H]2c3ccccc3C3(CCNCC3)[C@H]2O)nn1. The second kappa shape index (κ2) is 5.95. The summed E-state index contributed by atoms with van der Waals surface area (Å²) in [6.45, 7) is 2.64. The fourth-order valence-electron chi connectivity index (χ4n) is 4.41. The molecule has 1 aliphatic carbocycles. The topological polar surface area (TPSA) is 66.2 Å². The minimum Gasteiger partial charge on any atom is -0.390 e. The van der Waals surface area contributed by atoms with Crippen molar-refractivity contribution in [2.75, 3.05) is 27.2 Å². The molecule has 6 heteroatoms. The van der Waals surface area contributed by atoms with Gasteiger partial charge in [0.2, 0.25) is 0 Å². The van der Waals surface area contributed by atoms with E-state index in [-0.39, 0.29) is 11.5 Å². The number of aliphatic hydroxyl groups is 1. The summed E-state index contributed by atoms with van der Waals surface area (Å²) in [4.78, 5) is 2.07. The number of hydrogen-bond acceptors (Lipinski definition) is 5. The van der Waals surface area contributed by atoms with E-state index in [2.05, 4.69) is 44.8 Å². The van der Waals surface area contributed by atoms with Crippen molar-refractivity contribution in [3.8, 4) is 0 Å². The van der Waals surface area contributed by atoms with Crippen molar-refractivity contribution < 1.29 is 5.11 Å². The van der Waals surface area contributed by atoms with Crippen LogP contribution in [-0.2, 0) is 12.0 Å². The number of nitrogens with one attached hydrogen (secondary N) is 1. The molecule has 0 amide bonds. The second-order valence-corrected chi connectivity index (χ2v) is 7.31. The van der Waals surface area contributed by atoms with Crippen LogP contribution in [0.15, 0.2) is 30.5 Å². The molecule has 6 nitrogen and oxygen atoms in total. The van der Waals surface area contributed by atoms with Gasteiger partial charge >= 0.3 is 0 Å². The first-order chi connectivity index (χ1) is 11.6. The largest absolute Gasteiger partial charge is 0.390 e. The molecule has 2 aromatic rings. The number of rotatable bonds is 3. The third kappa shape index (κ3) is 2.37. The summed E-state index contributed by atoms with van der Waals surface area (Å²) in [7, 11) is 4.03. The summed E-state index contributed by atoms with van der Waals surface area (Å²) in [5.74, 6) is 0. The van der Waals surface area contributed by atoms with E-state index in [0.717, 1.165) is 38.2 Å². The summed E-state index contributed by atoms with van der Waals surface area (Å²) < 4.78 is 1.86. The first-order valence-corrected chi connectivity index (χ1v) is 8.65. The summed E-state index contributed by atoms with van der Waals surface area (Å²) in [6, 6.07) is 8.30. The fourth-order valence-corrected chi connectivity index (χ4v) is 4.41. The van der Waals surface area contributed by atoms with Crippen LogP contribution in [0, 0.1) is 0 Å². The predicted octanol–water partition coefficient (Wildman–Crippen LogP) is 0.925. The molecule has 1 saturated heterocycles. The number of fused-ring (bicyclic) bond motifs is 2. The van der Waals surface area contributed by atoms with Gasteiger partial charge in [0.1, 0.15) is 6.04 Å². The number of aliphatic hydroxyl groups excluding tert-OH is 1. The minimum atomic E-state index is -0.467. The molecular weight excluding hydrogens is 302 g/mol. The maximum atomic E-state index is 11.3. The van der Waals surface area contributed by atoms with E-state index in [1.165, 1.54) is 11.1 Å². The smallest absolute Gasteiger partial charge is 0.106 e. The molecule has 24 heavy (non-hydrogen) atoms. The van der Waals surface area contributed by atoms with Crippen molar-refractivity contribution in [2.24, 2.45) is 0 Å². The van der Waals surface area contributed by atoms with Crippen molar-refractivity contribution in [1.82, 2.24) is 25.2 Å². The third-order valence-electron chi connectivity index (χ3n) is 5.50. The van der Waals surface area contributed by atoms with Crippen LogP contribution >= 0.6 is 0 Å². The molecule has 0 unspecified atom stereocenters. The standard InChI is InChI=1S/C18H25N5O/c1-22(2)11-13-12-23(21-20-13)16-14-5-3-4-6-15(14)18(17(16)24)7-9-19-10-8-18/h3-6,12,16-17,19,24H,7-11H2,1-2H3/t16-,17+/m1/s1. The normalized spacial score (nSPS) is 25.3. The zero-order chi connectivity index (χ0) is 16.7. The highest BCUT2D eigenvalue weighted by Gasteiger charge is 2.52. The Kier molecular flexibility index (Phi) is 3.90. The van der Waals surface area contributed by atoms with Gasteiger partial charge in [-0.1, -0.05) is 29.5 Å². The highest BCUT2D eigenvalue weighted by molar-refractivity contribution is 5.45. The van der Waals surface area contributed by atoms with E-state index in [4.69, 9.17) is 0 Å². The molecule has 4 rings (SSSR count). The van der Waals surface area contributed by atoms with Crippen LogP contribution in [0.1, 0.15) is 35.7 Å². The first kappa shape index (κ1) is 15.7. The molecule has 1 spiro atoms. The molecule has 0 radical (unpaired) electrons. The summed E-state index contributed by atoms with van der Waals surface area (Å²) in [5, 5.41) is 23.4. The Labute approximate surface area is 142 Å². The van der Waals surface area contributed by atoms with Gasteiger partial charge in [0, 0.05) is 12.0 Å². The molecule has 128 valence electrons. The van der Waals surface area contributed by atoms with Crippen LogP contribution < -0.4 is 5.32 Å². The summed E-state index contributed by atoms with van der Waals surface area (Å²) in [6.07, 6.45) is 3.43. The Hall–Kier alpha value is -1.76. The van der Waals surface area contributed by atoms with E-state index in [1.807, 2.05) is 25.0 Å². The highest BCUT2D eigenvalue weighted by Crippen LogP contribution is 2.51. The lowest BCUT2D eigenvalue weighted by Crippen LogP contribution is -2.47. The molecular formula is C18H25N5O. The minimum absolute atomic E-state index is 0.150. The van der Waals surface area contributed by atoms with Gasteiger partial charge in [-0.15, -0.1) is 5.10 Å². The summed E-state index contributed by atoms with van der Waals surface area (Å²) >= 11 is 0. The Morgan fingerprint density at radius 3 is 2.79 bits per heavy atom. The van der Waals surface area contributed by atoms with Crippen LogP contribution in [0.3, 0.4) is 0 Å². The number of hydrogen-bond donors (Lipinski definition) is 2. The molecule has 1 aromatic heterocycles. The van der Waals surface area contributed by atoms with E-state index in [0.29, 0.717) is 0 Å². The van der Waals surface area contributed by atoms with E-state index >= 15 is 0 Å². The van der Waals surface area contributed by atoms with Gasteiger partial charge in [0.15, 0.2) is 0 Å². The molecule has 2 aliphatic rings. The highest BCUT2D eigenvalue weighted by atomic mass is 16.3. The number of benzene rings is 1. The molecule has 0 saturated carbocycles. The van der Waals surface area contributed by atoms with Crippen molar-refractivity contribution >= 4 is 0 Å². The average Bonchev–Trinajstić information content (AvgIpc) is 3.11. The van der Waals surface area contributed by atoms with Gasteiger partial charge in [0.05, 0.1) is 18.0 Å². The van der Waals surface area contributed by atoms with Gasteiger partial charge < -0.3 is 15.3 Å². The quantitative estimate of drug-likeness (QED) is 0.878. The van der Waals surface area contributed by atoms with Crippen LogP contribution in [0.5, 0.6) is 0 Å². The van der Waals surface area contributed by atoms with Crippen molar-refractivity contribution in [3.63, 3.8) is 0 Å². The van der Waals surface area contributed by atoms with E-state index < -0.39 is 6.10 Å². The van der Waals surface area contributed by atoms with Crippen molar-refractivity contribution in [3.05, 3.63) is 47.3 Å². The lowest BCUT2D eigenvalue weighted by atomic mass is 9.72. The van der Waals surface area contributed by atoms with Crippen LogP contribution in [0.2, 0.25) is 0 Å². The second-order valence-electron chi connectivity index (χ2n) is 7.31. The molecule has 1 aliphatic heterocycles. The van der Waals surface area contributed by atoms with E-state index in [1.54, 1.807) is 0 Å². The van der Waals surface area contributed by atoms with Gasteiger partial charge in [-0.3, -0.25) is 0 Å². The Balaban J connectivity index is 1.75. The number of aromatic nitrogens is 3. The number of nitrogens with zero attached hydrogens (tertiary/aromatic N) is 4. The van der Waals surface area contributed by atoms with Gasteiger partial charge in [0.25, 0.3) is 0 Å². The van der Waals surface area contributed by atoms with Gasteiger partial charge in [-0.2, -0.15) is 0 Å². The van der Waals surface area contributed by atoms with E-state index in [9.17, 15) is 5.11 Å². The maximum Gasteiger partial charge on any atom is 0.106 e. The molecule has 2 atom stereocenters. The fraction of sp³-hybridized carbons (Fsp3) is 0.556. The Morgan fingerprint density at radius 2 is 2.04 bits per heavy atom. The van der Waals surface area contributed by atoms with Crippen LogP contribution in [-0.4, -0.2) is 58.3 Å². The molecule has 2 heterocycles.